The summed E-state index contributed by atoms with van der Waals surface area (Å²) in [4.78, 5) is 18.3. The van der Waals surface area contributed by atoms with Crippen molar-refractivity contribution in [2.45, 2.75) is 19.3 Å². The molecule has 0 fully saturated rings. The Labute approximate surface area is 99.3 Å². The first-order valence-corrected chi connectivity index (χ1v) is 5.35. The SMILES string of the molecule is CC(C)(C(=O)O)c1ccccc1-c1cnc[nH]1. The molecule has 0 aliphatic carbocycles. The highest BCUT2D eigenvalue weighted by Gasteiger charge is 2.31. The van der Waals surface area contributed by atoms with Crippen LogP contribution in [0, 0.1) is 0 Å². The third kappa shape index (κ3) is 1.93. The van der Waals surface area contributed by atoms with Crippen molar-refractivity contribution >= 4 is 5.97 Å². The van der Waals surface area contributed by atoms with Gasteiger partial charge >= 0.3 is 5.97 Å². The zero-order valence-electron chi connectivity index (χ0n) is 9.77. The Morgan fingerprint density at radius 1 is 1.35 bits per heavy atom. The molecule has 4 nitrogen and oxygen atoms in total. The number of carboxylic acids is 1. The van der Waals surface area contributed by atoms with Crippen molar-refractivity contribution in [1.82, 2.24) is 9.97 Å². The fraction of sp³-hybridized carbons (Fsp3) is 0.231. The minimum absolute atomic E-state index is 0.775. The summed E-state index contributed by atoms with van der Waals surface area (Å²) in [7, 11) is 0. The number of aliphatic carboxylic acids is 1. The summed E-state index contributed by atoms with van der Waals surface area (Å²) < 4.78 is 0. The molecule has 2 rings (SSSR count). The summed E-state index contributed by atoms with van der Waals surface area (Å²) in [6, 6.07) is 7.47. The van der Waals surface area contributed by atoms with E-state index in [-0.39, 0.29) is 0 Å². The Hall–Kier alpha value is -2.10. The molecule has 2 N–H and O–H groups in total. The zero-order chi connectivity index (χ0) is 12.5. The van der Waals surface area contributed by atoms with Gasteiger partial charge in [-0.2, -0.15) is 0 Å². The lowest BCUT2D eigenvalue weighted by molar-refractivity contribution is -0.142. The first-order chi connectivity index (χ1) is 8.03. The van der Waals surface area contributed by atoms with Gasteiger partial charge in [-0.15, -0.1) is 0 Å². The summed E-state index contributed by atoms with van der Waals surface area (Å²) in [5, 5.41) is 9.29. The fourth-order valence-corrected chi connectivity index (χ4v) is 1.78. The number of carbonyl (C=O) groups is 1. The van der Waals surface area contributed by atoms with Gasteiger partial charge in [0, 0.05) is 5.56 Å². The van der Waals surface area contributed by atoms with Crippen molar-refractivity contribution < 1.29 is 9.90 Å². The van der Waals surface area contributed by atoms with Crippen LogP contribution >= 0.6 is 0 Å². The monoisotopic (exact) mass is 230 g/mol. The van der Waals surface area contributed by atoms with E-state index in [2.05, 4.69) is 9.97 Å². The van der Waals surface area contributed by atoms with E-state index < -0.39 is 11.4 Å². The van der Waals surface area contributed by atoms with E-state index in [0.29, 0.717) is 0 Å². The van der Waals surface area contributed by atoms with Gasteiger partial charge in [-0.05, 0) is 19.4 Å². The predicted molar refractivity (Wildman–Crippen MR) is 64.7 cm³/mol. The molecular formula is C13H14N2O2. The Balaban J connectivity index is 2.60. The standard InChI is InChI=1S/C13H14N2O2/c1-13(2,12(16)17)10-6-4-3-5-9(10)11-7-14-8-15-11/h3-8H,1-2H3,(H,14,15)(H,16,17). The third-order valence-corrected chi connectivity index (χ3v) is 2.92. The van der Waals surface area contributed by atoms with E-state index >= 15 is 0 Å². The number of H-pyrrole nitrogens is 1. The van der Waals surface area contributed by atoms with E-state index in [0.717, 1.165) is 16.8 Å². The quantitative estimate of drug-likeness (QED) is 0.851. The van der Waals surface area contributed by atoms with E-state index in [9.17, 15) is 9.90 Å². The molecule has 2 aromatic rings. The molecule has 0 amide bonds. The maximum Gasteiger partial charge on any atom is 0.313 e. The molecule has 1 aromatic heterocycles. The molecule has 0 aliphatic heterocycles. The molecule has 0 unspecified atom stereocenters. The average molecular weight is 230 g/mol. The highest BCUT2D eigenvalue weighted by molar-refractivity contribution is 5.84. The number of aromatic nitrogens is 2. The van der Waals surface area contributed by atoms with Crippen LogP contribution in [0.2, 0.25) is 0 Å². The molecule has 0 atom stereocenters. The van der Waals surface area contributed by atoms with Crippen LogP contribution in [0.25, 0.3) is 11.3 Å². The summed E-state index contributed by atoms with van der Waals surface area (Å²) in [5.74, 6) is -0.843. The number of imidazole rings is 1. The minimum atomic E-state index is -0.929. The Morgan fingerprint density at radius 3 is 2.65 bits per heavy atom. The van der Waals surface area contributed by atoms with Crippen molar-refractivity contribution in [2.24, 2.45) is 0 Å². The van der Waals surface area contributed by atoms with Crippen LogP contribution in [-0.4, -0.2) is 21.0 Å². The number of nitrogens with zero attached hydrogens (tertiary/aromatic N) is 1. The van der Waals surface area contributed by atoms with Crippen LogP contribution in [-0.2, 0) is 10.2 Å². The Morgan fingerprint density at radius 2 is 2.06 bits per heavy atom. The van der Waals surface area contributed by atoms with Gasteiger partial charge < -0.3 is 10.1 Å². The molecule has 0 saturated carbocycles. The molecule has 0 radical (unpaired) electrons. The molecule has 0 bridgehead atoms. The number of hydrogen-bond donors (Lipinski definition) is 2. The maximum absolute atomic E-state index is 11.3. The van der Waals surface area contributed by atoms with Crippen LogP contribution < -0.4 is 0 Å². The largest absolute Gasteiger partial charge is 0.481 e. The first kappa shape index (κ1) is 11.4. The van der Waals surface area contributed by atoms with Crippen molar-refractivity contribution in [3.8, 4) is 11.3 Å². The third-order valence-electron chi connectivity index (χ3n) is 2.92. The molecule has 0 spiro atoms. The second-order valence-electron chi connectivity index (χ2n) is 4.44. The van der Waals surface area contributed by atoms with Crippen molar-refractivity contribution in [3.05, 3.63) is 42.4 Å². The van der Waals surface area contributed by atoms with Gasteiger partial charge in [-0.1, -0.05) is 24.3 Å². The van der Waals surface area contributed by atoms with Crippen molar-refractivity contribution in [3.63, 3.8) is 0 Å². The summed E-state index contributed by atoms with van der Waals surface area (Å²) in [6.45, 7) is 3.40. The number of nitrogens with one attached hydrogen (secondary N) is 1. The molecule has 1 heterocycles. The average Bonchev–Trinajstić information content (AvgIpc) is 2.82. The van der Waals surface area contributed by atoms with Crippen molar-refractivity contribution in [1.29, 1.82) is 0 Å². The van der Waals surface area contributed by atoms with E-state index in [1.54, 1.807) is 26.4 Å². The summed E-state index contributed by atoms with van der Waals surface area (Å²) in [6.07, 6.45) is 3.27. The van der Waals surface area contributed by atoms with Gasteiger partial charge in [0.1, 0.15) is 0 Å². The smallest absolute Gasteiger partial charge is 0.313 e. The van der Waals surface area contributed by atoms with Gasteiger partial charge in [-0.25, -0.2) is 4.98 Å². The molecule has 4 heteroatoms. The van der Waals surface area contributed by atoms with Gasteiger partial charge in [0.2, 0.25) is 0 Å². The summed E-state index contributed by atoms with van der Waals surface area (Å²) >= 11 is 0. The van der Waals surface area contributed by atoms with Crippen LogP contribution in [0.4, 0.5) is 0 Å². The number of carboxylic acid groups (broad SMARTS) is 1. The van der Waals surface area contributed by atoms with Crippen LogP contribution in [0.5, 0.6) is 0 Å². The van der Waals surface area contributed by atoms with E-state index in [4.69, 9.17) is 0 Å². The number of rotatable bonds is 3. The molecule has 88 valence electrons. The fourth-order valence-electron chi connectivity index (χ4n) is 1.78. The van der Waals surface area contributed by atoms with Crippen molar-refractivity contribution in [2.75, 3.05) is 0 Å². The Bertz CT molecular complexity index is 530. The lowest BCUT2D eigenvalue weighted by Crippen LogP contribution is -2.29. The van der Waals surface area contributed by atoms with E-state index in [1.165, 1.54) is 0 Å². The minimum Gasteiger partial charge on any atom is -0.481 e. The highest BCUT2D eigenvalue weighted by Crippen LogP contribution is 2.32. The molecule has 0 aliphatic rings. The molecule has 17 heavy (non-hydrogen) atoms. The molecule has 0 saturated heterocycles. The lowest BCUT2D eigenvalue weighted by Gasteiger charge is -2.22. The Kier molecular flexibility index (Phi) is 2.71. The number of aromatic amines is 1. The van der Waals surface area contributed by atoms with Gasteiger partial charge in [0.25, 0.3) is 0 Å². The van der Waals surface area contributed by atoms with Crippen LogP contribution in [0.15, 0.2) is 36.8 Å². The zero-order valence-corrected chi connectivity index (χ0v) is 9.77. The van der Waals surface area contributed by atoms with E-state index in [1.807, 2.05) is 24.3 Å². The molecule has 1 aromatic carbocycles. The number of hydrogen-bond acceptors (Lipinski definition) is 2. The van der Waals surface area contributed by atoms with Gasteiger partial charge in [0.05, 0.1) is 23.6 Å². The second-order valence-corrected chi connectivity index (χ2v) is 4.44. The second kappa shape index (κ2) is 4.05. The summed E-state index contributed by atoms with van der Waals surface area (Å²) in [5.41, 5.74) is 1.55. The number of benzene rings is 1. The highest BCUT2D eigenvalue weighted by atomic mass is 16.4. The first-order valence-electron chi connectivity index (χ1n) is 5.35. The van der Waals surface area contributed by atoms with Gasteiger partial charge in [0.15, 0.2) is 0 Å². The topological polar surface area (TPSA) is 66.0 Å². The predicted octanol–water partition coefficient (Wildman–Crippen LogP) is 2.44. The molecular weight excluding hydrogens is 216 g/mol. The maximum atomic E-state index is 11.3. The normalized spacial score (nSPS) is 11.4. The van der Waals surface area contributed by atoms with Crippen LogP contribution in [0.3, 0.4) is 0 Å². The van der Waals surface area contributed by atoms with Gasteiger partial charge in [-0.3, -0.25) is 4.79 Å². The lowest BCUT2D eigenvalue weighted by atomic mass is 9.81. The van der Waals surface area contributed by atoms with Crippen LogP contribution in [0.1, 0.15) is 19.4 Å².